The number of nitrogens with two attached hydrogens (primary N) is 6. The summed E-state index contributed by atoms with van der Waals surface area (Å²) in [7, 11) is -0.799. The number of aryl methyl sites for hydroxylation is 2. The van der Waals surface area contributed by atoms with E-state index in [1.807, 2.05) is 27.7 Å². The summed E-state index contributed by atoms with van der Waals surface area (Å²) in [6.45, 7) is 11.1. The third-order valence-electron chi connectivity index (χ3n) is 8.55. The van der Waals surface area contributed by atoms with Crippen molar-refractivity contribution in [3.8, 4) is 5.69 Å². The molecule has 1 atom stereocenters. The number of halogens is 6. The van der Waals surface area contributed by atoms with Gasteiger partial charge in [0.05, 0.1) is 34.6 Å². The van der Waals surface area contributed by atoms with Crippen molar-refractivity contribution in [2.45, 2.75) is 86.0 Å². The van der Waals surface area contributed by atoms with E-state index >= 15 is 0 Å². The Morgan fingerprint density at radius 2 is 1.49 bits per heavy atom. The van der Waals surface area contributed by atoms with Gasteiger partial charge in [0.15, 0.2) is 0 Å². The van der Waals surface area contributed by atoms with Crippen molar-refractivity contribution in [1.82, 2.24) is 34.5 Å². The lowest BCUT2D eigenvalue weighted by atomic mass is 10.1. The van der Waals surface area contributed by atoms with Crippen molar-refractivity contribution >= 4 is 105 Å². The van der Waals surface area contributed by atoms with Gasteiger partial charge < -0.3 is 32.5 Å². The molecular weight excluding hydrogens is 1170 g/mol. The zero-order valence-electron chi connectivity index (χ0n) is 42.6. The first kappa shape index (κ1) is 77.7. The van der Waals surface area contributed by atoms with Crippen LogP contribution in [0.15, 0.2) is 33.2 Å². The second-order valence-corrected chi connectivity index (χ2v) is 25.7. The number of anilines is 1. The van der Waals surface area contributed by atoms with Crippen molar-refractivity contribution in [1.29, 1.82) is 0 Å². The quantitative estimate of drug-likeness (QED) is 0.0226. The smallest absolute Gasteiger partial charge is 0.383 e. The summed E-state index contributed by atoms with van der Waals surface area (Å²) < 4.78 is 85.8. The van der Waals surface area contributed by atoms with E-state index in [1.54, 1.807) is 28.1 Å². The molecule has 0 aliphatic rings. The molecular formula is C37H69Cl2F4N15O11P2S4. The van der Waals surface area contributed by atoms with Gasteiger partial charge in [0.1, 0.15) is 30.4 Å². The standard InChI is InChI=1S/C17H17ClF4N4O5S.C12H18ClNO2S.C4H14N3PS.C3H12N3PS.CH4N2O.HNO3.H3N/c1-8(2)25(4)32(30,31)23-15(28)9-5-12(11(19)6-10(9)18)26-14(27)7-13(17(20,21)22)24(3)16(26)29;1-8-7-17-10(3)12(8)14(11(15)5-13)9(2)6-16-4;1-2-3-4-7-8(5,6)9;1-2-3-6-7(4,5)8;2*2-1(3)4;/h5-8H,1-4H3,(H,23,28);7,9H,5-6H2,1-4H3;2-4H2,1H3,(H5,5,6,7,9);2-3H2,1H3,(H5,4,5,6,8);(H4,2,3,4);(H,2,3,4);1H3/t;9-;;;;;/m.0...../s1. The van der Waals surface area contributed by atoms with Gasteiger partial charge in [0, 0.05) is 51.3 Å². The van der Waals surface area contributed by atoms with Gasteiger partial charge >= 0.3 is 28.1 Å². The maximum atomic E-state index is 14.5. The molecule has 0 unspecified atom stereocenters. The molecule has 0 aliphatic heterocycles. The van der Waals surface area contributed by atoms with Crippen LogP contribution >= 0.6 is 47.5 Å². The number of primary amides is 2. The van der Waals surface area contributed by atoms with Crippen LogP contribution in [-0.4, -0.2) is 102 Å². The molecule has 19 N–H and O–H groups in total. The minimum absolute atomic E-state index is 0. The largest absolute Gasteiger partial charge is 0.431 e. The Labute approximate surface area is 456 Å². The zero-order valence-corrected chi connectivity index (χ0v) is 49.2. The second kappa shape index (κ2) is 36.3. The number of urea groups is 1. The minimum Gasteiger partial charge on any atom is -0.383 e. The molecule has 0 spiro atoms. The Morgan fingerprint density at radius 1 is 1.01 bits per heavy atom. The van der Waals surface area contributed by atoms with Crippen molar-refractivity contribution in [3.63, 3.8) is 0 Å². The molecule has 26 nitrogen and oxygen atoms in total. The molecule has 2 heterocycles. The maximum absolute atomic E-state index is 14.5. The normalized spacial score (nSPS) is 11.5. The Bertz CT molecular complexity index is 2610. The molecule has 2 aromatic heterocycles. The van der Waals surface area contributed by atoms with Gasteiger partial charge in [-0.1, -0.05) is 31.9 Å². The number of nitrogens with one attached hydrogen (secondary N) is 3. The van der Waals surface area contributed by atoms with Gasteiger partial charge in [-0.25, -0.2) is 23.3 Å². The molecule has 3 rings (SSSR count). The van der Waals surface area contributed by atoms with E-state index in [-0.39, 0.29) is 39.2 Å². The topological polar surface area (TPSA) is 436 Å². The van der Waals surface area contributed by atoms with E-state index in [0.717, 1.165) is 59.8 Å². The number of hydrogen-bond donors (Lipinski definition) is 11. The lowest BCUT2D eigenvalue weighted by Crippen LogP contribution is -2.44. The van der Waals surface area contributed by atoms with Crippen LogP contribution in [0.3, 0.4) is 0 Å². The number of carbonyl (C=O) groups excluding carboxylic acids is 3. The molecule has 0 bridgehead atoms. The Hall–Kier alpha value is -3.80. The minimum atomic E-state index is -5.04. The van der Waals surface area contributed by atoms with Gasteiger partial charge in [0.25, 0.3) is 16.6 Å². The summed E-state index contributed by atoms with van der Waals surface area (Å²) >= 11 is 22.6. The molecule has 4 amide bonds. The summed E-state index contributed by atoms with van der Waals surface area (Å²) in [5.41, 5.74) is 25.8. The van der Waals surface area contributed by atoms with Gasteiger partial charge in [-0.15, -0.1) is 33.1 Å². The van der Waals surface area contributed by atoms with Crippen molar-refractivity contribution in [3.05, 3.63) is 87.1 Å². The molecule has 0 aliphatic carbocycles. The highest BCUT2D eigenvalue weighted by molar-refractivity contribution is 8.11. The fraction of sp³-hybridized carbons (Fsp3) is 0.541. The number of hydrogen-bond acceptors (Lipinski definition) is 14. The number of nitrogens with zero attached hydrogens (tertiary/aromatic N) is 5. The van der Waals surface area contributed by atoms with Crippen LogP contribution in [0, 0.1) is 29.8 Å². The number of benzene rings is 1. The molecule has 0 saturated heterocycles. The predicted molar refractivity (Wildman–Crippen MR) is 294 cm³/mol. The van der Waals surface area contributed by atoms with Crippen LogP contribution in [0.5, 0.6) is 0 Å². The lowest BCUT2D eigenvalue weighted by molar-refractivity contribution is -0.742. The third-order valence-corrected chi connectivity index (χ3v) is 13.9. The van der Waals surface area contributed by atoms with Crippen LogP contribution < -0.4 is 70.7 Å². The van der Waals surface area contributed by atoms with Crippen LogP contribution in [-0.2, 0) is 56.6 Å². The molecule has 0 fully saturated rings. The van der Waals surface area contributed by atoms with Crippen molar-refractivity contribution < 1.29 is 55.4 Å². The first-order valence-corrected chi connectivity index (χ1v) is 30.1. The highest BCUT2D eigenvalue weighted by Gasteiger charge is 2.35. The van der Waals surface area contributed by atoms with Crippen LogP contribution in [0.2, 0.25) is 5.02 Å². The summed E-state index contributed by atoms with van der Waals surface area (Å²) in [6, 6.07) is -0.189. The summed E-state index contributed by atoms with van der Waals surface area (Å²) in [6.07, 6.45) is -1.78. The van der Waals surface area contributed by atoms with Crippen LogP contribution in [0.4, 0.5) is 28.0 Å². The maximum Gasteiger partial charge on any atom is 0.431 e. The van der Waals surface area contributed by atoms with Gasteiger partial charge in [-0.3, -0.25) is 51.1 Å². The van der Waals surface area contributed by atoms with E-state index < -0.39 is 91.5 Å². The van der Waals surface area contributed by atoms with Crippen LogP contribution in [0.1, 0.15) is 80.4 Å². The number of carbonyl (C=O) groups is 3. The Morgan fingerprint density at radius 3 is 1.85 bits per heavy atom. The molecule has 38 heteroatoms. The van der Waals surface area contributed by atoms with Gasteiger partial charge in [-0.2, -0.15) is 25.9 Å². The number of rotatable bonds is 17. The number of amides is 4. The number of unbranched alkanes of at least 4 members (excludes halogenated alkanes) is 1. The molecule has 434 valence electrons. The number of thiophene rings is 1. The summed E-state index contributed by atoms with van der Waals surface area (Å²) in [5, 5.41) is 20.9. The number of methoxy groups -OCH3 is 1. The Kier molecular flexibility index (Phi) is 37.6. The fourth-order valence-electron chi connectivity index (χ4n) is 5.14. The average Bonchev–Trinajstić information content (AvgIpc) is 3.57. The number of ether oxygens (including phenoxy) is 1. The van der Waals surface area contributed by atoms with Crippen molar-refractivity contribution in [2.24, 2.45) is 40.5 Å². The van der Waals surface area contributed by atoms with Gasteiger partial charge in [0.2, 0.25) is 5.91 Å². The monoisotopic (exact) mass is 1240 g/mol. The molecule has 1 aromatic carbocycles. The van der Waals surface area contributed by atoms with E-state index in [4.69, 9.17) is 93.7 Å². The highest BCUT2D eigenvalue weighted by Crippen LogP contribution is 2.32. The van der Waals surface area contributed by atoms with E-state index in [1.165, 1.54) is 20.9 Å². The summed E-state index contributed by atoms with van der Waals surface area (Å²) in [5.74, 6) is -2.73. The molecule has 75 heavy (non-hydrogen) atoms. The Balaban J connectivity index is -0.000000487. The zero-order chi connectivity index (χ0) is 58.9. The first-order chi connectivity index (χ1) is 33.6. The molecule has 3 aromatic rings. The highest BCUT2D eigenvalue weighted by atomic mass is 35.5. The van der Waals surface area contributed by atoms with Gasteiger partial charge in [-0.05, 0) is 94.2 Å². The second-order valence-electron chi connectivity index (χ2n) is 15.1. The molecule has 0 saturated carbocycles. The SMILES string of the molecule is CC(C)N(C)S(=O)(=O)NC(=O)c1cc(-n2c(=O)cc(C(F)(F)F)n(C)c2=O)c(F)cc1Cl.CCCCNP(N)(N)=S.CCCNP(N)(N)=S.COC[C@H](C)N(C(=O)CCl)c1c(C)csc1C.N.NC(N)=O.O=[N+]([O-])O. The first-order valence-electron chi connectivity index (χ1n) is 20.9. The number of alkyl halides is 4. The predicted octanol–water partition coefficient (Wildman–Crippen LogP) is 4.12. The summed E-state index contributed by atoms with van der Waals surface area (Å²) in [4.78, 5) is 69.3. The number of aromatic nitrogens is 2. The fourth-order valence-corrected chi connectivity index (χ4v) is 9.01. The van der Waals surface area contributed by atoms with Crippen molar-refractivity contribution in [2.75, 3.05) is 44.6 Å². The van der Waals surface area contributed by atoms with E-state index in [2.05, 4.69) is 33.9 Å². The van der Waals surface area contributed by atoms with E-state index in [0.29, 0.717) is 18.7 Å². The van der Waals surface area contributed by atoms with Crippen LogP contribution in [0.25, 0.3) is 5.69 Å². The average molecular weight is 1240 g/mol. The lowest BCUT2D eigenvalue weighted by Gasteiger charge is -2.29. The molecule has 0 radical (unpaired) electrons. The van der Waals surface area contributed by atoms with E-state index in [9.17, 15) is 45.2 Å². The third kappa shape index (κ3) is 31.3.